The summed E-state index contributed by atoms with van der Waals surface area (Å²) in [7, 11) is 4.91. The van der Waals surface area contributed by atoms with E-state index < -0.39 is 5.82 Å². The van der Waals surface area contributed by atoms with Gasteiger partial charge in [-0.25, -0.2) is 4.39 Å². The lowest BCUT2D eigenvalue weighted by Crippen LogP contribution is -2.21. The second-order valence-electron chi connectivity index (χ2n) is 9.65. The van der Waals surface area contributed by atoms with Crippen molar-refractivity contribution >= 4 is 17.0 Å². The third-order valence-electron chi connectivity index (χ3n) is 6.99. The zero-order valence-electron chi connectivity index (χ0n) is 21.6. The lowest BCUT2D eigenvalue weighted by molar-refractivity contribution is 0.0663. The van der Waals surface area contributed by atoms with Crippen LogP contribution in [0.5, 0.6) is 5.75 Å². The van der Waals surface area contributed by atoms with Gasteiger partial charge >= 0.3 is 0 Å². The summed E-state index contributed by atoms with van der Waals surface area (Å²) >= 11 is 0. The number of halogens is 1. The van der Waals surface area contributed by atoms with Gasteiger partial charge in [-0.15, -0.1) is 0 Å². The second kappa shape index (κ2) is 10.6. The molecular weight excluding hydrogens is 485 g/mol. The molecule has 0 atom stereocenters. The van der Waals surface area contributed by atoms with Crippen molar-refractivity contribution in [1.82, 2.24) is 9.88 Å². The average molecular weight is 514 g/mol. The molecule has 0 saturated carbocycles. The molecule has 1 saturated heterocycles. The van der Waals surface area contributed by atoms with E-state index in [2.05, 4.69) is 11.1 Å². The minimum Gasteiger partial charge on any atom is -0.496 e. The highest BCUT2D eigenvalue weighted by atomic mass is 19.1. The molecule has 7 nitrogen and oxygen atoms in total. The Morgan fingerprint density at radius 2 is 1.95 bits per heavy atom. The van der Waals surface area contributed by atoms with E-state index in [1.807, 2.05) is 0 Å². The maximum Gasteiger partial charge on any atom is 0.253 e. The summed E-state index contributed by atoms with van der Waals surface area (Å²) in [5.41, 5.74) is 4.15. The highest BCUT2D eigenvalue weighted by molar-refractivity contribution is 5.96. The number of hydrogen-bond acceptors (Lipinski definition) is 6. The van der Waals surface area contributed by atoms with Crippen LogP contribution in [0.3, 0.4) is 0 Å². The van der Waals surface area contributed by atoms with Crippen molar-refractivity contribution in [3.8, 4) is 34.3 Å². The van der Waals surface area contributed by atoms with E-state index in [-0.39, 0.29) is 5.91 Å². The smallest absolute Gasteiger partial charge is 0.253 e. The van der Waals surface area contributed by atoms with Gasteiger partial charge in [0, 0.05) is 56.3 Å². The largest absolute Gasteiger partial charge is 0.496 e. The first kappa shape index (κ1) is 25.4. The first-order valence-corrected chi connectivity index (χ1v) is 12.5. The quantitative estimate of drug-likeness (QED) is 0.321. The minimum atomic E-state index is -0.398. The Kier molecular flexibility index (Phi) is 7.12. The first-order chi connectivity index (χ1) is 18.4. The first-order valence-electron chi connectivity index (χ1n) is 12.5. The van der Waals surface area contributed by atoms with Crippen LogP contribution in [0.2, 0.25) is 0 Å². The van der Waals surface area contributed by atoms with Gasteiger partial charge in [-0.05, 0) is 67.1 Å². The van der Waals surface area contributed by atoms with Crippen LogP contribution in [0.15, 0.2) is 53.1 Å². The number of carbonyl (C=O) groups is 1. The topological polar surface area (TPSA) is 88.6 Å². The zero-order valence-corrected chi connectivity index (χ0v) is 21.6. The number of ether oxygens (including phenoxy) is 2. The van der Waals surface area contributed by atoms with Gasteiger partial charge in [0.2, 0.25) is 0 Å². The molecule has 1 aliphatic rings. The predicted molar refractivity (Wildman–Crippen MR) is 141 cm³/mol. The van der Waals surface area contributed by atoms with E-state index in [1.165, 1.54) is 18.1 Å². The Morgan fingerprint density at radius 3 is 2.66 bits per heavy atom. The number of amides is 1. The molecule has 2 aromatic heterocycles. The number of nitrogens with zero attached hydrogens (tertiary/aromatic N) is 3. The van der Waals surface area contributed by atoms with Gasteiger partial charge in [-0.2, -0.15) is 5.26 Å². The third kappa shape index (κ3) is 4.85. The molecule has 8 heteroatoms. The normalized spacial score (nSPS) is 13.9. The van der Waals surface area contributed by atoms with E-state index in [0.717, 1.165) is 12.8 Å². The van der Waals surface area contributed by atoms with Crippen LogP contribution in [0.25, 0.3) is 33.6 Å². The Morgan fingerprint density at radius 1 is 1.16 bits per heavy atom. The summed E-state index contributed by atoms with van der Waals surface area (Å²) < 4.78 is 32.6. The molecule has 1 fully saturated rings. The molecule has 0 radical (unpaired) electrons. The van der Waals surface area contributed by atoms with Gasteiger partial charge in [0.05, 0.1) is 24.3 Å². The molecule has 0 aliphatic carbocycles. The summed E-state index contributed by atoms with van der Waals surface area (Å²) in [6.07, 6.45) is 3.87. The van der Waals surface area contributed by atoms with E-state index >= 15 is 4.39 Å². The Labute approximate surface area is 220 Å². The molecule has 2 aromatic carbocycles. The molecule has 1 aliphatic heterocycles. The lowest BCUT2D eigenvalue weighted by atomic mass is 9.88. The number of furan rings is 1. The molecule has 3 heterocycles. The summed E-state index contributed by atoms with van der Waals surface area (Å²) in [6, 6.07) is 14.1. The maximum absolute atomic E-state index is 15.4. The molecule has 5 rings (SSSR count). The van der Waals surface area contributed by atoms with Gasteiger partial charge in [-0.3, -0.25) is 9.78 Å². The molecule has 0 unspecified atom stereocenters. The number of benzene rings is 2. The van der Waals surface area contributed by atoms with Crippen LogP contribution in [-0.2, 0) is 11.2 Å². The number of rotatable bonds is 6. The van der Waals surface area contributed by atoms with Gasteiger partial charge < -0.3 is 18.8 Å². The Balaban J connectivity index is 1.54. The number of pyridine rings is 1. The molecule has 4 aromatic rings. The standard InChI is InChI=1S/C30H28FN3O4/c1-34(2)30(35)19-4-5-23(27(15-19)36-3)28-16-26-29(38-28)22(6-9-33-26)20-13-21(17-32)24(25(31)14-20)12-18-7-10-37-11-8-18/h4-6,9,13-16,18H,7-8,10-12H2,1-3H3. The molecule has 0 N–H and O–H groups in total. The number of aromatic nitrogens is 1. The van der Waals surface area contributed by atoms with E-state index in [1.54, 1.807) is 56.7 Å². The van der Waals surface area contributed by atoms with Crippen molar-refractivity contribution in [2.24, 2.45) is 5.92 Å². The summed E-state index contributed by atoms with van der Waals surface area (Å²) in [5, 5.41) is 9.85. The van der Waals surface area contributed by atoms with Crippen LogP contribution in [-0.4, -0.2) is 50.2 Å². The molecule has 1 amide bonds. The van der Waals surface area contributed by atoms with Crippen LogP contribution < -0.4 is 4.74 Å². The van der Waals surface area contributed by atoms with E-state index in [4.69, 9.17) is 13.9 Å². The zero-order chi connectivity index (χ0) is 26.8. The van der Waals surface area contributed by atoms with E-state index in [0.29, 0.717) is 81.5 Å². The summed E-state index contributed by atoms with van der Waals surface area (Å²) in [4.78, 5) is 18.3. The summed E-state index contributed by atoms with van der Waals surface area (Å²) in [5.74, 6) is 0.737. The second-order valence-corrected chi connectivity index (χ2v) is 9.65. The van der Waals surface area contributed by atoms with Crippen molar-refractivity contribution in [3.05, 3.63) is 71.2 Å². The number of carbonyl (C=O) groups excluding carboxylic acids is 1. The van der Waals surface area contributed by atoms with Crippen LogP contribution in [0.4, 0.5) is 4.39 Å². The SMILES string of the molecule is COc1cc(C(=O)N(C)C)ccc1-c1cc2nccc(-c3cc(F)c(CC4CCOCC4)c(C#N)c3)c2o1. The number of nitriles is 1. The van der Waals surface area contributed by atoms with Crippen LogP contribution >= 0.6 is 0 Å². The predicted octanol–water partition coefficient (Wildman–Crippen LogP) is 5.85. The summed E-state index contributed by atoms with van der Waals surface area (Å²) in [6.45, 7) is 1.34. The molecule has 0 spiro atoms. The van der Waals surface area contributed by atoms with Crippen molar-refractivity contribution in [1.29, 1.82) is 5.26 Å². The molecule has 194 valence electrons. The lowest BCUT2D eigenvalue weighted by Gasteiger charge is -2.22. The maximum atomic E-state index is 15.4. The fourth-order valence-corrected chi connectivity index (χ4v) is 4.92. The van der Waals surface area contributed by atoms with Crippen LogP contribution in [0, 0.1) is 23.1 Å². The molecule has 38 heavy (non-hydrogen) atoms. The fraction of sp³-hybridized carbons (Fsp3) is 0.300. The molecule has 0 bridgehead atoms. The van der Waals surface area contributed by atoms with E-state index in [9.17, 15) is 10.1 Å². The van der Waals surface area contributed by atoms with Gasteiger partial charge in [0.1, 0.15) is 22.8 Å². The van der Waals surface area contributed by atoms with Crippen molar-refractivity contribution < 1.29 is 23.1 Å². The van der Waals surface area contributed by atoms with Gasteiger partial charge in [-0.1, -0.05) is 0 Å². The Bertz CT molecular complexity index is 1550. The molecular formula is C30H28FN3O4. The van der Waals surface area contributed by atoms with Crippen molar-refractivity contribution in [2.75, 3.05) is 34.4 Å². The highest BCUT2D eigenvalue weighted by Crippen LogP contribution is 2.38. The van der Waals surface area contributed by atoms with Crippen molar-refractivity contribution in [2.45, 2.75) is 19.3 Å². The highest BCUT2D eigenvalue weighted by Gasteiger charge is 2.22. The van der Waals surface area contributed by atoms with Gasteiger partial charge in [0.25, 0.3) is 5.91 Å². The van der Waals surface area contributed by atoms with Crippen molar-refractivity contribution in [3.63, 3.8) is 0 Å². The van der Waals surface area contributed by atoms with Gasteiger partial charge in [0.15, 0.2) is 5.58 Å². The minimum absolute atomic E-state index is 0.140. The number of methoxy groups -OCH3 is 1. The van der Waals surface area contributed by atoms with Crippen LogP contribution in [0.1, 0.15) is 34.3 Å². The Hall–Kier alpha value is -4.22. The monoisotopic (exact) mass is 513 g/mol. The number of hydrogen-bond donors (Lipinski definition) is 0. The fourth-order valence-electron chi connectivity index (χ4n) is 4.92. The number of fused-ring (bicyclic) bond motifs is 1. The average Bonchev–Trinajstić information content (AvgIpc) is 3.38. The third-order valence-corrected chi connectivity index (χ3v) is 6.99.